The van der Waals surface area contributed by atoms with Crippen LogP contribution in [0.3, 0.4) is 0 Å². The van der Waals surface area contributed by atoms with Gasteiger partial charge >= 0.3 is 5.88 Å². The molecule has 1 aliphatic carbocycles. The lowest BCUT2D eigenvalue weighted by Crippen LogP contribution is -1.91. The van der Waals surface area contributed by atoms with Crippen molar-refractivity contribution in [3.63, 3.8) is 0 Å². The van der Waals surface area contributed by atoms with Crippen molar-refractivity contribution in [3.05, 3.63) is 52.3 Å². The smallest absolute Gasteiger partial charge is 0.400 e. The molecular weight excluding hydrogens is 196 g/mol. The Labute approximate surface area is 85.6 Å². The minimum Gasteiger partial charge on any atom is -0.400 e. The van der Waals surface area contributed by atoms with Gasteiger partial charge in [0, 0.05) is 0 Å². The van der Waals surface area contributed by atoms with E-state index in [0.29, 0.717) is 5.76 Å². The lowest BCUT2D eigenvalue weighted by Gasteiger charge is -1.93. The Balaban J connectivity index is 2.07. The number of furan rings is 1. The largest absolute Gasteiger partial charge is 0.433 e. The first-order valence-corrected chi connectivity index (χ1v) is 4.38. The topological polar surface area (TPSA) is 68.6 Å². The summed E-state index contributed by atoms with van der Waals surface area (Å²) in [4.78, 5) is 13.9. The van der Waals surface area contributed by atoms with Gasteiger partial charge in [-0.25, -0.2) is 0 Å². The molecule has 0 saturated heterocycles. The number of allylic oxidation sites excluding steroid dienone is 2. The molecule has 5 nitrogen and oxygen atoms in total. The number of aliphatic imine (C=N–C) groups is 1. The Morgan fingerprint density at radius 3 is 2.73 bits per heavy atom. The maximum absolute atomic E-state index is 10.3. The van der Waals surface area contributed by atoms with Crippen LogP contribution in [0.5, 0.6) is 0 Å². The standard InChI is InChI=1S/C10H8N2O3/c13-12(14)10-6-5-9(15-10)7-11-8-3-1-2-4-8/h1-8H. The van der Waals surface area contributed by atoms with Crippen LogP contribution in [0.4, 0.5) is 5.88 Å². The molecule has 5 heteroatoms. The molecule has 1 aromatic heterocycles. The highest BCUT2D eigenvalue weighted by atomic mass is 16.6. The first-order valence-electron chi connectivity index (χ1n) is 4.38. The molecule has 1 aliphatic rings. The van der Waals surface area contributed by atoms with Crippen LogP contribution in [0.1, 0.15) is 5.76 Å². The molecule has 0 N–H and O–H groups in total. The fourth-order valence-electron chi connectivity index (χ4n) is 1.19. The molecule has 0 spiro atoms. The number of hydrogen-bond acceptors (Lipinski definition) is 4. The van der Waals surface area contributed by atoms with Crippen LogP contribution in [-0.4, -0.2) is 17.2 Å². The lowest BCUT2D eigenvalue weighted by atomic mass is 10.3. The summed E-state index contributed by atoms with van der Waals surface area (Å²) < 4.78 is 4.91. The zero-order chi connectivity index (χ0) is 10.7. The van der Waals surface area contributed by atoms with Crippen molar-refractivity contribution in [1.82, 2.24) is 0 Å². The predicted octanol–water partition coefficient (Wildman–Crippen LogP) is 2.10. The first-order chi connectivity index (χ1) is 7.25. The van der Waals surface area contributed by atoms with E-state index in [2.05, 4.69) is 4.99 Å². The second kappa shape index (κ2) is 3.91. The van der Waals surface area contributed by atoms with Gasteiger partial charge in [-0.1, -0.05) is 24.3 Å². The van der Waals surface area contributed by atoms with Gasteiger partial charge < -0.3 is 4.42 Å². The fraction of sp³-hybridized carbons (Fsp3) is 0.100. The number of hydrogen-bond donors (Lipinski definition) is 0. The lowest BCUT2D eigenvalue weighted by molar-refractivity contribution is -0.402. The van der Waals surface area contributed by atoms with E-state index in [1.54, 1.807) is 0 Å². The summed E-state index contributed by atoms with van der Waals surface area (Å²) in [5.41, 5.74) is 0. The van der Waals surface area contributed by atoms with Gasteiger partial charge in [-0.2, -0.15) is 0 Å². The molecule has 0 radical (unpaired) electrons. The highest BCUT2D eigenvalue weighted by Gasteiger charge is 2.10. The third-order valence-electron chi connectivity index (χ3n) is 1.89. The van der Waals surface area contributed by atoms with E-state index >= 15 is 0 Å². The van der Waals surface area contributed by atoms with Crippen LogP contribution in [0, 0.1) is 10.1 Å². The molecule has 76 valence electrons. The zero-order valence-electron chi connectivity index (χ0n) is 7.74. The SMILES string of the molecule is O=[N+]([O-])c1ccc(C=NC2C=CC=C2)o1. The van der Waals surface area contributed by atoms with Crippen LogP contribution in [-0.2, 0) is 0 Å². The summed E-state index contributed by atoms with van der Waals surface area (Å²) in [5.74, 6) is 0.115. The molecule has 0 amide bonds. The van der Waals surface area contributed by atoms with Crippen LogP contribution >= 0.6 is 0 Å². The van der Waals surface area contributed by atoms with Crippen molar-refractivity contribution < 1.29 is 9.34 Å². The summed E-state index contributed by atoms with van der Waals surface area (Å²) in [7, 11) is 0. The van der Waals surface area contributed by atoms with Crippen LogP contribution in [0.2, 0.25) is 0 Å². The number of nitrogens with zero attached hydrogens (tertiary/aromatic N) is 2. The highest BCUT2D eigenvalue weighted by molar-refractivity contribution is 5.76. The molecular formula is C10H8N2O3. The van der Waals surface area contributed by atoms with E-state index in [1.165, 1.54) is 18.3 Å². The number of rotatable bonds is 3. The first kappa shape index (κ1) is 9.39. The van der Waals surface area contributed by atoms with Gasteiger partial charge in [0.15, 0.2) is 5.76 Å². The molecule has 1 heterocycles. The third-order valence-corrected chi connectivity index (χ3v) is 1.89. The van der Waals surface area contributed by atoms with Gasteiger partial charge in [0.2, 0.25) is 0 Å². The molecule has 0 aliphatic heterocycles. The van der Waals surface area contributed by atoms with Crippen molar-refractivity contribution in [2.45, 2.75) is 6.04 Å². The van der Waals surface area contributed by atoms with Crippen molar-refractivity contribution in [1.29, 1.82) is 0 Å². The van der Waals surface area contributed by atoms with Gasteiger partial charge in [-0.15, -0.1) is 0 Å². The van der Waals surface area contributed by atoms with Gasteiger partial charge in [0.1, 0.15) is 4.92 Å². The monoisotopic (exact) mass is 204 g/mol. The van der Waals surface area contributed by atoms with Gasteiger partial charge in [0.25, 0.3) is 0 Å². The summed E-state index contributed by atoms with van der Waals surface area (Å²) >= 11 is 0. The Kier molecular flexibility index (Phi) is 2.45. The van der Waals surface area contributed by atoms with Gasteiger partial charge in [-0.3, -0.25) is 15.1 Å². The molecule has 0 aromatic carbocycles. The van der Waals surface area contributed by atoms with Crippen LogP contribution in [0.25, 0.3) is 0 Å². The zero-order valence-corrected chi connectivity index (χ0v) is 7.74. The van der Waals surface area contributed by atoms with Gasteiger partial charge in [-0.05, 0) is 6.07 Å². The maximum Gasteiger partial charge on any atom is 0.433 e. The van der Waals surface area contributed by atoms with E-state index in [9.17, 15) is 10.1 Å². The van der Waals surface area contributed by atoms with Gasteiger partial charge in [0.05, 0.1) is 18.3 Å². The van der Waals surface area contributed by atoms with Crippen LogP contribution < -0.4 is 0 Å². The molecule has 0 fully saturated rings. The summed E-state index contributed by atoms with van der Waals surface area (Å²) in [6.45, 7) is 0. The minimum atomic E-state index is -0.577. The average Bonchev–Trinajstić information content (AvgIpc) is 2.86. The molecule has 0 unspecified atom stereocenters. The van der Waals surface area contributed by atoms with E-state index in [1.807, 2.05) is 24.3 Å². The quantitative estimate of drug-likeness (QED) is 0.430. The molecule has 0 saturated carbocycles. The Morgan fingerprint density at radius 2 is 2.13 bits per heavy atom. The summed E-state index contributed by atoms with van der Waals surface area (Å²) in [5, 5.41) is 10.3. The summed E-state index contributed by atoms with van der Waals surface area (Å²) in [6.07, 6.45) is 9.10. The van der Waals surface area contributed by atoms with E-state index in [0.717, 1.165) is 0 Å². The second-order valence-electron chi connectivity index (χ2n) is 2.97. The van der Waals surface area contributed by atoms with Crippen molar-refractivity contribution in [3.8, 4) is 0 Å². The molecule has 2 rings (SSSR count). The normalized spacial score (nSPS) is 15.5. The van der Waals surface area contributed by atoms with E-state index < -0.39 is 4.92 Å². The molecule has 0 bridgehead atoms. The van der Waals surface area contributed by atoms with Crippen molar-refractivity contribution in [2.75, 3.05) is 0 Å². The Morgan fingerprint density at radius 1 is 1.40 bits per heavy atom. The number of nitro groups is 1. The predicted molar refractivity (Wildman–Crippen MR) is 55.0 cm³/mol. The molecule has 0 atom stereocenters. The third kappa shape index (κ3) is 2.19. The fourth-order valence-corrected chi connectivity index (χ4v) is 1.19. The highest BCUT2D eigenvalue weighted by Crippen LogP contribution is 2.14. The average molecular weight is 204 g/mol. The van der Waals surface area contributed by atoms with E-state index in [-0.39, 0.29) is 11.9 Å². The second-order valence-corrected chi connectivity index (χ2v) is 2.97. The van der Waals surface area contributed by atoms with Crippen molar-refractivity contribution in [2.24, 2.45) is 4.99 Å². The van der Waals surface area contributed by atoms with E-state index in [4.69, 9.17) is 4.42 Å². The Bertz CT molecular complexity index is 445. The Hall–Kier alpha value is -2.17. The minimum absolute atomic E-state index is 0.00848. The molecule has 1 aromatic rings. The van der Waals surface area contributed by atoms with Crippen LogP contribution in [0.15, 0.2) is 45.8 Å². The summed E-state index contributed by atoms with van der Waals surface area (Å²) in [6, 6.07) is 2.83. The maximum atomic E-state index is 10.3. The molecule has 15 heavy (non-hydrogen) atoms. The van der Waals surface area contributed by atoms with Crippen molar-refractivity contribution >= 4 is 12.1 Å².